The Bertz CT molecular complexity index is 531. The quantitative estimate of drug-likeness (QED) is 0.850. The summed E-state index contributed by atoms with van der Waals surface area (Å²) in [5.74, 6) is 0.866. The first-order valence-corrected chi connectivity index (χ1v) is 5.55. The Labute approximate surface area is 101 Å². The Morgan fingerprint density at radius 1 is 1.29 bits per heavy atom. The third kappa shape index (κ3) is 2.17. The fourth-order valence-corrected chi connectivity index (χ4v) is 2.02. The standard InChI is InChI=1S/C13H17N3O/c1-8-4-9(2)13(17-3)11(5-8)12-6-10(7-14)15-16-12/h4-6H,7,14H2,1-3H3,(H,15,16). The lowest BCUT2D eigenvalue weighted by molar-refractivity contribution is 0.413. The smallest absolute Gasteiger partial charge is 0.131 e. The maximum absolute atomic E-state index is 5.57. The third-order valence-electron chi connectivity index (χ3n) is 2.75. The number of hydrogen-bond donors (Lipinski definition) is 2. The number of nitrogens with one attached hydrogen (secondary N) is 1. The van der Waals surface area contributed by atoms with E-state index >= 15 is 0 Å². The lowest BCUT2D eigenvalue weighted by Gasteiger charge is -2.10. The maximum atomic E-state index is 5.57. The molecular weight excluding hydrogens is 214 g/mol. The molecule has 4 heteroatoms. The summed E-state index contributed by atoms with van der Waals surface area (Å²) in [4.78, 5) is 0. The van der Waals surface area contributed by atoms with Crippen molar-refractivity contribution in [1.82, 2.24) is 10.2 Å². The van der Waals surface area contributed by atoms with Crippen LogP contribution in [-0.4, -0.2) is 17.3 Å². The van der Waals surface area contributed by atoms with Crippen molar-refractivity contribution in [3.05, 3.63) is 35.0 Å². The van der Waals surface area contributed by atoms with Crippen molar-refractivity contribution >= 4 is 0 Å². The predicted molar refractivity (Wildman–Crippen MR) is 67.9 cm³/mol. The zero-order valence-corrected chi connectivity index (χ0v) is 10.4. The summed E-state index contributed by atoms with van der Waals surface area (Å²) >= 11 is 0. The molecule has 90 valence electrons. The summed E-state index contributed by atoms with van der Waals surface area (Å²) in [6.07, 6.45) is 0. The fraction of sp³-hybridized carbons (Fsp3) is 0.308. The molecule has 1 aromatic heterocycles. The zero-order chi connectivity index (χ0) is 12.4. The van der Waals surface area contributed by atoms with Crippen LogP contribution in [0.25, 0.3) is 11.3 Å². The summed E-state index contributed by atoms with van der Waals surface area (Å²) in [6, 6.07) is 6.12. The van der Waals surface area contributed by atoms with Crippen LogP contribution in [0, 0.1) is 13.8 Å². The highest BCUT2D eigenvalue weighted by molar-refractivity contribution is 5.70. The van der Waals surface area contributed by atoms with Gasteiger partial charge in [0.1, 0.15) is 5.75 Å². The second-order valence-electron chi connectivity index (χ2n) is 4.15. The van der Waals surface area contributed by atoms with Gasteiger partial charge < -0.3 is 10.5 Å². The molecule has 1 aromatic carbocycles. The molecule has 0 radical (unpaired) electrons. The molecule has 0 amide bonds. The molecule has 17 heavy (non-hydrogen) atoms. The number of hydrogen-bond acceptors (Lipinski definition) is 3. The van der Waals surface area contributed by atoms with Crippen molar-refractivity contribution in [2.75, 3.05) is 7.11 Å². The Kier molecular flexibility index (Phi) is 3.15. The van der Waals surface area contributed by atoms with Crippen LogP contribution in [0.1, 0.15) is 16.8 Å². The van der Waals surface area contributed by atoms with Crippen molar-refractivity contribution in [1.29, 1.82) is 0 Å². The molecule has 0 spiro atoms. The third-order valence-corrected chi connectivity index (χ3v) is 2.75. The minimum atomic E-state index is 0.458. The highest BCUT2D eigenvalue weighted by Gasteiger charge is 2.12. The van der Waals surface area contributed by atoms with Crippen molar-refractivity contribution in [2.24, 2.45) is 5.73 Å². The molecule has 0 aliphatic carbocycles. The maximum Gasteiger partial charge on any atom is 0.131 e. The molecule has 0 unspecified atom stereocenters. The largest absolute Gasteiger partial charge is 0.496 e. The van der Waals surface area contributed by atoms with Gasteiger partial charge in [-0.15, -0.1) is 0 Å². The number of aromatic nitrogens is 2. The minimum absolute atomic E-state index is 0.458. The van der Waals surface area contributed by atoms with Crippen LogP contribution < -0.4 is 10.5 Å². The first kappa shape index (κ1) is 11.7. The number of nitrogens with two attached hydrogens (primary N) is 1. The number of H-pyrrole nitrogens is 1. The van der Waals surface area contributed by atoms with E-state index in [2.05, 4.69) is 29.3 Å². The van der Waals surface area contributed by atoms with E-state index in [0.717, 1.165) is 28.3 Å². The lowest BCUT2D eigenvalue weighted by Crippen LogP contribution is -1.95. The number of benzene rings is 1. The van der Waals surface area contributed by atoms with Gasteiger partial charge in [0.2, 0.25) is 0 Å². The topological polar surface area (TPSA) is 63.9 Å². The number of nitrogens with zero attached hydrogens (tertiary/aromatic N) is 1. The van der Waals surface area contributed by atoms with Crippen LogP contribution in [0.3, 0.4) is 0 Å². The van der Waals surface area contributed by atoms with Gasteiger partial charge in [0.05, 0.1) is 12.8 Å². The van der Waals surface area contributed by atoms with Crippen LogP contribution in [0.15, 0.2) is 18.2 Å². The second kappa shape index (κ2) is 4.59. The van der Waals surface area contributed by atoms with Crippen LogP contribution in [0.4, 0.5) is 0 Å². The van der Waals surface area contributed by atoms with E-state index in [0.29, 0.717) is 6.54 Å². The minimum Gasteiger partial charge on any atom is -0.496 e. The van der Waals surface area contributed by atoms with E-state index in [9.17, 15) is 0 Å². The van der Waals surface area contributed by atoms with Gasteiger partial charge in [-0.25, -0.2) is 0 Å². The number of aryl methyl sites for hydroxylation is 2. The zero-order valence-electron chi connectivity index (χ0n) is 10.4. The van der Waals surface area contributed by atoms with E-state index in [1.165, 1.54) is 5.56 Å². The van der Waals surface area contributed by atoms with Crippen molar-refractivity contribution < 1.29 is 4.74 Å². The molecule has 4 nitrogen and oxygen atoms in total. The van der Waals surface area contributed by atoms with Gasteiger partial charge in [0, 0.05) is 17.8 Å². The van der Waals surface area contributed by atoms with Crippen molar-refractivity contribution in [3.8, 4) is 17.0 Å². The van der Waals surface area contributed by atoms with Gasteiger partial charge in [-0.1, -0.05) is 6.07 Å². The molecule has 0 saturated heterocycles. The molecule has 0 bridgehead atoms. The van der Waals surface area contributed by atoms with Gasteiger partial charge in [-0.2, -0.15) is 5.10 Å². The van der Waals surface area contributed by atoms with Crippen LogP contribution in [0.2, 0.25) is 0 Å². The van der Waals surface area contributed by atoms with E-state index in [1.54, 1.807) is 7.11 Å². The van der Waals surface area contributed by atoms with Gasteiger partial charge in [-0.3, -0.25) is 5.10 Å². The number of ether oxygens (including phenoxy) is 1. The van der Waals surface area contributed by atoms with E-state index in [1.807, 2.05) is 13.0 Å². The monoisotopic (exact) mass is 231 g/mol. The normalized spacial score (nSPS) is 10.6. The van der Waals surface area contributed by atoms with Gasteiger partial charge in [0.15, 0.2) is 0 Å². The second-order valence-corrected chi connectivity index (χ2v) is 4.15. The SMILES string of the molecule is COc1c(C)cc(C)cc1-c1cc(CN)[nH]n1. The molecule has 0 atom stereocenters. The van der Waals surface area contributed by atoms with Gasteiger partial charge in [-0.05, 0) is 37.1 Å². The number of methoxy groups -OCH3 is 1. The molecule has 0 aliphatic rings. The highest BCUT2D eigenvalue weighted by Crippen LogP contribution is 2.33. The molecule has 1 heterocycles. The Hall–Kier alpha value is -1.81. The predicted octanol–water partition coefficient (Wildman–Crippen LogP) is 2.16. The summed E-state index contributed by atoms with van der Waals surface area (Å²) in [7, 11) is 1.68. The molecule has 0 saturated carbocycles. The first-order chi connectivity index (χ1) is 8.15. The summed E-state index contributed by atoms with van der Waals surface area (Å²) in [5, 5.41) is 7.18. The van der Waals surface area contributed by atoms with Crippen LogP contribution >= 0.6 is 0 Å². The Morgan fingerprint density at radius 2 is 2.06 bits per heavy atom. The van der Waals surface area contributed by atoms with E-state index in [4.69, 9.17) is 10.5 Å². The Balaban J connectivity index is 2.57. The Morgan fingerprint density at radius 3 is 2.65 bits per heavy atom. The summed E-state index contributed by atoms with van der Waals surface area (Å²) in [6.45, 7) is 4.55. The van der Waals surface area contributed by atoms with Crippen molar-refractivity contribution in [3.63, 3.8) is 0 Å². The molecule has 0 fully saturated rings. The molecule has 2 rings (SSSR count). The van der Waals surface area contributed by atoms with Crippen molar-refractivity contribution in [2.45, 2.75) is 20.4 Å². The summed E-state index contributed by atoms with van der Waals surface area (Å²) < 4.78 is 5.44. The molecule has 2 aromatic rings. The lowest BCUT2D eigenvalue weighted by atomic mass is 10.0. The highest BCUT2D eigenvalue weighted by atomic mass is 16.5. The number of rotatable bonds is 3. The average molecular weight is 231 g/mol. The van der Waals surface area contributed by atoms with Crippen LogP contribution in [0.5, 0.6) is 5.75 Å². The summed E-state index contributed by atoms with van der Waals surface area (Å²) in [5.41, 5.74) is 10.7. The van der Waals surface area contributed by atoms with Gasteiger partial charge in [0.25, 0.3) is 0 Å². The molecular formula is C13H17N3O. The molecule has 0 aliphatic heterocycles. The van der Waals surface area contributed by atoms with E-state index in [-0.39, 0.29) is 0 Å². The van der Waals surface area contributed by atoms with Gasteiger partial charge >= 0.3 is 0 Å². The fourth-order valence-electron chi connectivity index (χ4n) is 2.02. The first-order valence-electron chi connectivity index (χ1n) is 5.55. The van der Waals surface area contributed by atoms with Crippen LogP contribution in [-0.2, 0) is 6.54 Å². The van der Waals surface area contributed by atoms with E-state index < -0.39 is 0 Å². The number of aromatic amines is 1. The molecule has 3 N–H and O–H groups in total. The average Bonchev–Trinajstić information content (AvgIpc) is 2.76.